The van der Waals surface area contributed by atoms with Gasteiger partial charge in [0.2, 0.25) is 0 Å². The minimum Gasteiger partial charge on any atom is -0.308 e. The SMILES string of the molecule is CC(Cl)c1nc2cc(Br)cnc2n1C(C)CS(C)=O. The highest BCUT2D eigenvalue weighted by Gasteiger charge is 2.20. The number of alkyl halides is 1. The average Bonchev–Trinajstić information content (AvgIpc) is 2.66. The quantitative estimate of drug-likeness (QED) is 0.781. The summed E-state index contributed by atoms with van der Waals surface area (Å²) in [4.78, 5) is 8.95. The average molecular weight is 365 g/mol. The summed E-state index contributed by atoms with van der Waals surface area (Å²) in [6, 6.07) is 1.96. The van der Waals surface area contributed by atoms with Crippen LogP contribution in [-0.2, 0) is 10.8 Å². The van der Waals surface area contributed by atoms with E-state index in [1.165, 1.54) is 0 Å². The summed E-state index contributed by atoms with van der Waals surface area (Å²) < 4.78 is 14.3. The fourth-order valence-electron chi connectivity index (χ4n) is 2.10. The van der Waals surface area contributed by atoms with E-state index in [-0.39, 0.29) is 11.4 Å². The van der Waals surface area contributed by atoms with Crippen LogP contribution in [0.3, 0.4) is 0 Å². The lowest BCUT2D eigenvalue weighted by molar-refractivity contribution is 0.579. The van der Waals surface area contributed by atoms with E-state index in [9.17, 15) is 4.21 Å². The summed E-state index contributed by atoms with van der Waals surface area (Å²) in [6.07, 6.45) is 3.43. The van der Waals surface area contributed by atoms with Crippen LogP contribution < -0.4 is 0 Å². The molecule has 0 saturated carbocycles. The topological polar surface area (TPSA) is 47.8 Å². The number of nitrogens with zero attached hydrogens (tertiary/aromatic N) is 3. The van der Waals surface area contributed by atoms with Crippen molar-refractivity contribution in [2.45, 2.75) is 25.3 Å². The molecule has 0 radical (unpaired) electrons. The molecule has 0 bridgehead atoms. The van der Waals surface area contributed by atoms with Crippen molar-refractivity contribution in [1.29, 1.82) is 0 Å². The molecule has 2 rings (SSSR count). The fourth-order valence-corrected chi connectivity index (χ4v) is 3.41. The Bertz CT molecular complexity index is 629. The third-order valence-corrected chi connectivity index (χ3v) is 4.38. The molecular formula is C12H15BrClN3OS. The smallest absolute Gasteiger partial charge is 0.160 e. The highest BCUT2D eigenvalue weighted by Crippen LogP contribution is 2.28. The molecule has 7 heteroatoms. The molecule has 0 amide bonds. The maximum Gasteiger partial charge on any atom is 0.160 e. The van der Waals surface area contributed by atoms with Gasteiger partial charge >= 0.3 is 0 Å². The van der Waals surface area contributed by atoms with E-state index >= 15 is 0 Å². The van der Waals surface area contributed by atoms with Crippen molar-refractivity contribution in [3.8, 4) is 0 Å². The van der Waals surface area contributed by atoms with E-state index in [0.29, 0.717) is 5.75 Å². The number of hydrogen-bond acceptors (Lipinski definition) is 3. The van der Waals surface area contributed by atoms with E-state index in [1.807, 2.05) is 24.5 Å². The molecule has 3 atom stereocenters. The van der Waals surface area contributed by atoms with Crippen LogP contribution in [0.1, 0.15) is 31.1 Å². The van der Waals surface area contributed by atoms with E-state index in [2.05, 4.69) is 25.9 Å². The first-order chi connectivity index (χ1) is 8.90. The van der Waals surface area contributed by atoms with Crippen molar-refractivity contribution >= 4 is 49.5 Å². The zero-order valence-electron chi connectivity index (χ0n) is 10.9. The molecule has 0 N–H and O–H groups in total. The Labute approximate surface area is 128 Å². The number of pyridine rings is 1. The van der Waals surface area contributed by atoms with Crippen LogP contribution in [-0.4, -0.2) is 30.8 Å². The highest BCUT2D eigenvalue weighted by atomic mass is 79.9. The minimum atomic E-state index is -0.878. The number of hydrogen-bond donors (Lipinski definition) is 0. The fraction of sp³-hybridized carbons (Fsp3) is 0.500. The molecule has 0 fully saturated rings. The molecule has 2 aromatic rings. The Morgan fingerprint density at radius 1 is 1.53 bits per heavy atom. The number of imidazole rings is 1. The van der Waals surface area contributed by atoms with Crippen LogP contribution in [0.15, 0.2) is 16.7 Å². The molecule has 0 aliphatic carbocycles. The first-order valence-electron chi connectivity index (χ1n) is 5.87. The van der Waals surface area contributed by atoms with Crippen molar-refractivity contribution in [3.63, 3.8) is 0 Å². The molecule has 0 aromatic carbocycles. The van der Waals surface area contributed by atoms with Crippen LogP contribution in [0.5, 0.6) is 0 Å². The summed E-state index contributed by atoms with van der Waals surface area (Å²) in [5.74, 6) is 1.32. The summed E-state index contributed by atoms with van der Waals surface area (Å²) in [7, 11) is -0.878. The third-order valence-electron chi connectivity index (χ3n) is 2.80. The van der Waals surface area contributed by atoms with Gasteiger partial charge < -0.3 is 4.57 Å². The predicted octanol–water partition coefficient (Wildman–Crippen LogP) is 3.43. The normalized spacial score (nSPS) is 16.5. The van der Waals surface area contributed by atoms with Gasteiger partial charge in [-0.3, -0.25) is 4.21 Å². The van der Waals surface area contributed by atoms with Gasteiger partial charge in [-0.15, -0.1) is 11.6 Å². The Hall–Kier alpha value is -0.460. The van der Waals surface area contributed by atoms with Gasteiger partial charge in [0, 0.05) is 39.5 Å². The second-order valence-electron chi connectivity index (χ2n) is 4.54. The zero-order chi connectivity index (χ0) is 14.2. The van der Waals surface area contributed by atoms with Gasteiger partial charge in [-0.1, -0.05) is 0 Å². The maximum absolute atomic E-state index is 11.4. The number of rotatable bonds is 4. The second-order valence-corrected chi connectivity index (χ2v) is 7.59. The monoisotopic (exact) mass is 363 g/mol. The first-order valence-corrected chi connectivity index (χ1v) is 8.83. The van der Waals surface area contributed by atoms with Gasteiger partial charge in [0.05, 0.1) is 5.38 Å². The van der Waals surface area contributed by atoms with Crippen LogP contribution in [0.2, 0.25) is 0 Å². The van der Waals surface area contributed by atoms with Gasteiger partial charge in [-0.2, -0.15) is 0 Å². The van der Waals surface area contributed by atoms with Gasteiger partial charge in [0.1, 0.15) is 11.3 Å². The van der Waals surface area contributed by atoms with Crippen molar-refractivity contribution in [2.24, 2.45) is 0 Å². The Balaban J connectivity index is 2.61. The number of aromatic nitrogens is 3. The first kappa shape index (κ1) is 14.9. The van der Waals surface area contributed by atoms with Gasteiger partial charge in [-0.05, 0) is 35.8 Å². The molecule has 0 aliphatic rings. The van der Waals surface area contributed by atoms with Gasteiger partial charge in [0.25, 0.3) is 0 Å². The Kier molecular flexibility index (Phi) is 4.63. The van der Waals surface area contributed by atoms with Crippen LogP contribution in [0.4, 0.5) is 0 Å². The van der Waals surface area contributed by atoms with E-state index in [0.717, 1.165) is 21.5 Å². The van der Waals surface area contributed by atoms with E-state index < -0.39 is 10.8 Å². The molecule has 0 saturated heterocycles. The molecular weight excluding hydrogens is 350 g/mol. The molecule has 2 heterocycles. The molecule has 104 valence electrons. The van der Waals surface area contributed by atoms with Gasteiger partial charge in [-0.25, -0.2) is 9.97 Å². The van der Waals surface area contributed by atoms with Gasteiger partial charge in [0.15, 0.2) is 5.65 Å². The molecule has 2 aromatic heterocycles. The van der Waals surface area contributed by atoms with Crippen molar-refractivity contribution in [3.05, 3.63) is 22.6 Å². The van der Waals surface area contributed by atoms with Crippen LogP contribution in [0.25, 0.3) is 11.2 Å². The lowest BCUT2D eigenvalue weighted by Gasteiger charge is -2.16. The molecule has 4 nitrogen and oxygen atoms in total. The van der Waals surface area contributed by atoms with Crippen molar-refractivity contribution in [2.75, 3.05) is 12.0 Å². The summed E-state index contributed by atoms with van der Waals surface area (Å²) in [6.45, 7) is 3.89. The predicted molar refractivity (Wildman–Crippen MR) is 83.1 cm³/mol. The second kappa shape index (κ2) is 5.89. The maximum atomic E-state index is 11.4. The third kappa shape index (κ3) is 3.17. The molecule has 3 unspecified atom stereocenters. The van der Waals surface area contributed by atoms with Crippen molar-refractivity contribution < 1.29 is 4.21 Å². The highest BCUT2D eigenvalue weighted by molar-refractivity contribution is 9.10. The van der Waals surface area contributed by atoms with Crippen LogP contribution >= 0.6 is 27.5 Å². The molecule has 0 spiro atoms. The van der Waals surface area contributed by atoms with E-state index in [4.69, 9.17) is 11.6 Å². The lowest BCUT2D eigenvalue weighted by atomic mass is 10.3. The summed E-state index contributed by atoms with van der Waals surface area (Å²) in [5.41, 5.74) is 1.58. The standard InChI is InChI=1S/C12H15BrClN3OS/c1-7(6-19(3)18)17-11(8(2)14)16-10-4-9(13)5-15-12(10)17/h4-5,7-8H,6H2,1-3H3. The lowest BCUT2D eigenvalue weighted by Crippen LogP contribution is -2.16. The van der Waals surface area contributed by atoms with Crippen LogP contribution in [0, 0.1) is 0 Å². The number of halogens is 2. The molecule has 19 heavy (non-hydrogen) atoms. The Morgan fingerprint density at radius 2 is 2.21 bits per heavy atom. The number of fused-ring (bicyclic) bond motifs is 1. The summed E-state index contributed by atoms with van der Waals surface area (Å²) in [5, 5.41) is -0.222. The largest absolute Gasteiger partial charge is 0.308 e. The van der Waals surface area contributed by atoms with E-state index in [1.54, 1.807) is 12.5 Å². The molecule has 0 aliphatic heterocycles. The van der Waals surface area contributed by atoms with Crippen molar-refractivity contribution in [1.82, 2.24) is 14.5 Å². The zero-order valence-corrected chi connectivity index (χ0v) is 14.1. The minimum absolute atomic E-state index is 0.0423. The Morgan fingerprint density at radius 3 is 2.79 bits per heavy atom. The summed E-state index contributed by atoms with van der Waals surface area (Å²) >= 11 is 9.59.